The van der Waals surface area contributed by atoms with E-state index in [2.05, 4.69) is 20.6 Å². The van der Waals surface area contributed by atoms with E-state index in [1.807, 2.05) is 41.3 Å². The van der Waals surface area contributed by atoms with Gasteiger partial charge in [-0.2, -0.15) is 0 Å². The van der Waals surface area contributed by atoms with Crippen LogP contribution in [0.1, 0.15) is 37.2 Å². The molecule has 2 heterocycles. The summed E-state index contributed by atoms with van der Waals surface area (Å²) in [7, 11) is 1.71. The van der Waals surface area contributed by atoms with Gasteiger partial charge < -0.3 is 32.0 Å². The standard InChI is InChI=1S/C25H32N8O2/c1-15(28-2)23(34)32-20(14-16-9-11-17(12-10-16)29-25(26)27)24(35)33-13-5-8-21(33)22-30-18-6-3-4-7-19(18)31-22/h3-4,6-7,9-12,15,20-21,28H,5,8,13-14H2,1-2H3,(H,30,31)(H,32,34)(H4,26,27,29)/t15-,20-,21?/m0/s1. The minimum Gasteiger partial charge on any atom is -0.370 e. The average Bonchev–Trinajstić information content (AvgIpc) is 3.50. The molecule has 2 amide bonds. The van der Waals surface area contributed by atoms with Crippen LogP contribution in [0.5, 0.6) is 0 Å². The summed E-state index contributed by atoms with van der Waals surface area (Å²) in [5.41, 5.74) is 14.2. The van der Waals surface area contributed by atoms with Crippen LogP contribution >= 0.6 is 0 Å². The van der Waals surface area contributed by atoms with E-state index in [0.29, 0.717) is 18.7 Å². The first-order chi connectivity index (χ1) is 16.9. The van der Waals surface area contributed by atoms with Crippen LogP contribution < -0.4 is 22.1 Å². The number of imidazole rings is 1. The lowest BCUT2D eigenvalue weighted by atomic mass is 10.0. The number of rotatable bonds is 8. The average molecular weight is 477 g/mol. The molecule has 1 saturated heterocycles. The molecule has 0 spiro atoms. The van der Waals surface area contributed by atoms with Crippen molar-refractivity contribution in [1.29, 1.82) is 0 Å². The number of hydrogen-bond acceptors (Lipinski definition) is 5. The number of guanidine groups is 1. The Labute approximate surface area is 204 Å². The molecule has 1 aromatic heterocycles. The third-order valence-electron chi connectivity index (χ3n) is 6.33. The van der Waals surface area contributed by atoms with Crippen molar-refractivity contribution in [1.82, 2.24) is 25.5 Å². The van der Waals surface area contributed by atoms with E-state index in [9.17, 15) is 9.59 Å². The number of nitrogens with one attached hydrogen (secondary N) is 3. The predicted octanol–water partition coefficient (Wildman–Crippen LogP) is 1.47. The molecule has 2 aromatic carbocycles. The number of fused-ring (bicyclic) bond motifs is 1. The van der Waals surface area contributed by atoms with Gasteiger partial charge in [0.25, 0.3) is 0 Å². The summed E-state index contributed by atoms with van der Waals surface area (Å²) in [6.07, 6.45) is 2.02. The molecule has 0 bridgehead atoms. The number of aromatic amines is 1. The number of carbonyl (C=O) groups excluding carboxylic acids is 2. The zero-order valence-corrected chi connectivity index (χ0v) is 20.0. The molecule has 0 saturated carbocycles. The highest BCUT2D eigenvalue weighted by Crippen LogP contribution is 2.32. The van der Waals surface area contributed by atoms with Crippen LogP contribution in [-0.2, 0) is 16.0 Å². The number of H-pyrrole nitrogens is 1. The van der Waals surface area contributed by atoms with Crippen LogP contribution in [-0.4, -0.2) is 58.3 Å². The van der Waals surface area contributed by atoms with Crippen LogP contribution in [0.4, 0.5) is 5.69 Å². The smallest absolute Gasteiger partial charge is 0.246 e. The number of aliphatic imine (C=N–C) groups is 1. The molecule has 1 fully saturated rings. The Morgan fingerprint density at radius 2 is 1.94 bits per heavy atom. The number of likely N-dealkylation sites (tertiary alicyclic amines) is 1. The normalized spacial score (nSPS) is 17.2. The van der Waals surface area contributed by atoms with Crippen molar-refractivity contribution in [2.24, 2.45) is 16.5 Å². The Morgan fingerprint density at radius 1 is 1.20 bits per heavy atom. The molecule has 0 radical (unpaired) electrons. The molecule has 184 valence electrons. The Bertz CT molecular complexity index is 1180. The number of para-hydroxylation sites is 2. The second-order valence-electron chi connectivity index (χ2n) is 8.81. The second kappa shape index (κ2) is 10.6. The molecule has 3 atom stereocenters. The second-order valence-corrected chi connectivity index (χ2v) is 8.81. The van der Waals surface area contributed by atoms with Gasteiger partial charge in [0.2, 0.25) is 11.8 Å². The lowest BCUT2D eigenvalue weighted by Gasteiger charge is -2.29. The highest BCUT2D eigenvalue weighted by atomic mass is 16.2. The number of amides is 2. The summed E-state index contributed by atoms with van der Waals surface area (Å²) in [5, 5.41) is 5.87. The van der Waals surface area contributed by atoms with E-state index < -0.39 is 12.1 Å². The molecule has 1 unspecified atom stereocenters. The van der Waals surface area contributed by atoms with E-state index in [1.54, 1.807) is 26.1 Å². The fourth-order valence-electron chi connectivity index (χ4n) is 4.36. The van der Waals surface area contributed by atoms with Gasteiger partial charge in [-0.25, -0.2) is 9.98 Å². The number of nitrogens with zero attached hydrogens (tertiary/aromatic N) is 3. The van der Waals surface area contributed by atoms with Crippen LogP contribution in [0.25, 0.3) is 11.0 Å². The molecule has 7 N–H and O–H groups in total. The SMILES string of the molecule is CN[C@@H](C)C(=O)N[C@@H](Cc1ccc(N=C(N)N)cc1)C(=O)N1CCCC1c1nc2ccccc2[nH]1. The van der Waals surface area contributed by atoms with Gasteiger partial charge in [0.15, 0.2) is 5.96 Å². The number of benzene rings is 2. The number of aromatic nitrogens is 2. The lowest BCUT2D eigenvalue weighted by Crippen LogP contribution is -2.53. The highest BCUT2D eigenvalue weighted by molar-refractivity contribution is 5.90. The van der Waals surface area contributed by atoms with Crippen molar-refractivity contribution in [3.05, 3.63) is 59.9 Å². The van der Waals surface area contributed by atoms with Crippen LogP contribution in [0, 0.1) is 0 Å². The Kier molecular flexibility index (Phi) is 7.31. The fourth-order valence-corrected chi connectivity index (χ4v) is 4.36. The van der Waals surface area contributed by atoms with E-state index in [1.165, 1.54) is 0 Å². The van der Waals surface area contributed by atoms with E-state index in [0.717, 1.165) is 35.3 Å². The van der Waals surface area contributed by atoms with Gasteiger partial charge in [0, 0.05) is 13.0 Å². The van der Waals surface area contributed by atoms with Gasteiger partial charge in [0.05, 0.1) is 28.8 Å². The summed E-state index contributed by atoms with van der Waals surface area (Å²) in [5.74, 6) is 0.387. The molecule has 0 aliphatic carbocycles. The monoisotopic (exact) mass is 476 g/mol. The molecule has 4 rings (SSSR count). The fraction of sp³-hybridized carbons (Fsp3) is 0.360. The third kappa shape index (κ3) is 5.60. The van der Waals surface area contributed by atoms with Crippen molar-refractivity contribution in [3.63, 3.8) is 0 Å². The lowest BCUT2D eigenvalue weighted by molar-refractivity contribution is -0.137. The first-order valence-corrected chi connectivity index (χ1v) is 11.8. The summed E-state index contributed by atoms with van der Waals surface area (Å²) >= 11 is 0. The maximum absolute atomic E-state index is 13.8. The van der Waals surface area contributed by atoms with Crippen LogP contribution in [0.15, 0.2) is 53.5 Å². The largest absolute Gasteiger partial charge is 0.370 e. The first-order valence-electron chi connectivity index (χ1n) is 11.8. The Morgan fingerprint density at radius 3 is 2.63 bits per heavy atom. The maximum Gasteiger partial charge on any atom is 0.246 e. The minimum atomic E-state index is -0.725. The van der Waals surface area contributed by atoms with Crippen molar-refractivity contribution in [2.45, 2.75) is 44.3 Å². The van der Waals surface area contributed by atoms with Gasteiger partial charge in [-0.3, -0.25) is 9.59 Å². The molecular formula is C25H32N8O2. The minimum absolute atomic E-state index is 0.0233. The number of likely N-dealkylation sites (N-methyl/N-ethyl adjacent to an activating group) is 1. The highest BCUT2D eigenvalue weighted by Gasteiger charge is 2.36. The van der Waals surface area contributed by atoms with Crippen molar-refractivity contribution >= 4 is 34.5 Å². The van der Waals surface area contributed by atoms with E-state index in [4.69, 9.17) is 16.5 Å². The molecule has 35 heavy (non-hydrogen) atoms. The van der Waals surface area contributed by atoms with Crippen molar-refractivity contribution < 1.29 is 9.59 Å². The van der Waals surface area contributed by atoms with Gasteiger partial charge in [-0.15, -0.1) is 0 Å². The number of nitrogens with two attached hydrogens (primary N) is 2. The van der Waals surface area contributed by atoms with Crippen molar-refractivity contribution in [2.75, 3.05) is 13.6 Å². The summed E-state index contributed by atoms with van der Waals surface area (Å²) in [6.45, 7) is 2.37. The zero-order chi connectivity index (χ0) is 24.9. The summed E-state index contributed by atoms with van der Waals surface area (Å²) < 4.78 is 0. The van der Waals surface area contributed by atoms with E-state index >= 15 is 0 Å². The molecule has 10 nitrogen and oxygen atoms in total. The summed E-state index contributed by atoms with van der Waals surface area (Å²) in [6, 6.07) is 13.8. The van der Waals surface area contributed by atoms with Gasteiger partial charge in [-0.1, -0.05) is 24.3 Å². The van der Waals surface area contributed by atoms with Crippen LogP contribution in [0.3, 0.4) is 0 Å². The Balaban J connectivity index is 1.58. The van der Waals surface area contributed by atoms with E-state index in [-0.39, 0.29) is 23.8 Å². The number of carbonyl (C=O) groups is 2. The quantitative estimate of drug-likeness (QED) is 0.245. The third-order valence-corrected chi connectivity index (χ3v) is 6.33. The van der Waals surface area contributed by atoms with Gasteiger partial charge in [-0.05, 0) is 56.6 Å². The van der Waals surface area contributed by atoms with Gasteiger partial charge in [0.1, 0.15) is 11.9 Å². The van der Waals surface area contributed by atoms with Gasteiger partial charge >= 0.3 is 0 Å². The topological polar surface area (TPSA) is 155 Å². The van der Waals surface area contributed by atoms with Crippen molar-refractivity contribution in [3.8, 4) is 0 Å². The molecular weight excluding hydrogens is 444 g/mol. The Hall–Kier alpha value is -3.92. The molecule has 1 aliphatic heterocycles. The summed E-state index contributed by atoms with van der Waals surface area (Å²) in [4.78, 5) is 40.5. The van der Waals surface area contributed by atoms with Crippen LogP contribution in [0.2, 0.25) is 0 Å². The maximum atomic E-state index is 13.8. The first kappa shape index (κ1) is 24.2. The number of hydrogen-bond donors (Lipinski definition) is 5. The molecule has 1 aliphatic rings. The predicted molar refractivity (Wildman–Crippen MR) is 136 cm³/mol. The molecule has 3 aromatic rings. The zero-order valence-electron chi connectivity index (χ0n) is 20.0. The molecule has 10 heteroatoms.